The van der Waals surface area contributed by atoms with E-state index < -0.39 is 10.0 Å². The minimum absolute atomic E-state index is 0.0371. The Kier molecular flexibility index (Phi) is 4.68. The Morgan fingerprint density at radius 2 is 2.15 bits per heavy atom. The molecule has 8 nitrogen and oxygen atoms in total. The zero-order valence-corrected chi connectivity index (χ0v) is 15.5. The summed E-state index contributed by atoms with van der Waals surface area (Å²) in [5.41, 5.74) is 2.09. The third kappa shape index (κ3) is 3.60. The molecule has 2 aromatic rings. The molecule has 4 rings (SSSR count). The topological polar surface area (TPSA) is 89.3 Å². The van der Waals surface area contributed by atoms with Crippen LogP contribution in [0, 0.1) is 0 Å². The number of nitrogens with one attached hydrogen (secondary N) is 1. The lowest BCUT2D eigenvalue weighted by Gasteiger charge is -2.34. The molecule has 0 saturated heterocycles. The number of methoxy groups -OCH3 is 1. The molecular weight excluding hydrogens is 354 g/mol. The Bertz CT molecular complexity index is 878. The lowest BCUT2D eigenvalue weighted by Crippen LogP contribution is -2.43. The number of nitrogens with zero attached hydrogens (tertiary/aromatic N) is 4. The third-order valence-electron chi connectivity index (χ3n) is 4.87. The number of pyridine rings is 1. The molecule has 2 aliphatic rings. The van der Waals surface area contributed by atoms with Gasteiger partial charge in [0.05, 0.1) is 24.1 Å². The van der Waals surface area contributed by atoms with E-state index in [-0.39, 0.29) is 11.3 Å². The van der Waals surface area contributed by atoms with E-state index in [4.69, 9.17) is 4.74 Å². The van der Waals surface area contributed by atoms with Gasteiger partial charge in [-0.25, -0.2) is 18.1 Å². The van der Waals surface area contributed by atoms with Gasteiger partial charge in [-0.1, -0.05) is 6.07 Å². The van der Waals surface area contributed by atoms with Gasteiger partial charge >= 0.3 is 0 Å². The van der Waals surface area contributed by atoms with Gasteiger partial charge in [0.15, 0.2) is 0 Å². The molecule has 9 heteroatoms. The molecule has 0 radical (unpaired) electrons. The number of hydrogen-bond acceptors (Lipinski definition) is 6. The molecule has 1 aliphatic heterocycles. The fraction of sp³-hybridized carbons (Fsp3) is 0.529. The van der Waals surface area contributed by atoms with Crippen molar-refractivity contribution in [1.82, 2.24) is 24.4 Å². The van der Waals surface area contributed by atoms with Crippen LogP contribution in [0.1, 0.15) is 30.1 Å². The normalized spacial score (nSPS) is 20.7. The van der Waals surface area contributed by atoms with Crippen LogP contribution in [-0.4, -0.2) is 53.5 Å². The number of aromatic nitrogens is 3. The van der Waals surface area contributed by atoms with Gasteiger partial charge in [0.25, 0.3) is 0 Å². The van der Waals surface area contributed by atoms with Crippen molar-refractivity contribution in [2.75, 3.05) is 20.2 Å². The smallest absolute Gasteiger partial charge is 0.217 e. The lowest BCUT2D eigenvalue weighted by atomic mass is 10.1. The highest BCUT2D eigenvalue weighted by molar-refractivity contribution is 7.90. The van der Waals surface area contributed by atoms with Crippen LogP contribution in [0.15, 0.2) is 30.6 Å². The molecular formula is C17H23N5O3S. The molecule has 0 amide bonds. The van der Waals surface area contributed by atoms with E-state index in [1.807, 2.05) is 22.9 Å². The highest BCUT2D eigenvalue weighted by atomic mass is 32.2. The molecule has 0 unspecified atom stereocenters. The summed E-state index contributed by atoms with van der Waals surface area (Å²) in [5.74, 6) is 0.623. The Morgan fingerprint density at radius 3 is 2.92 bits per heavy atom. The summed E-state index contributed by atoms with van der Waals surface area (Å²) in [5, 5.41) is 4.18. The molecule has 0 bridgehead atoms. The largest absolute Gasteiger partial charge is 0.481 e. The molecule has 3 heterocycles. The first-order valence-corrected chi connectivity index (χ1v) is 10.3. The predicted molar refractivity (Wildman–Crippen MR) is 96.1 cm³/mol. The van der Waals surface area contributed by atoms with Crippen molar-refractivity contribution in [1.29, 1.82) is 0 Å². The number of fused-ring (bicyclic) bond motifs is 1. The summed E-state index contributed by atoms with van der Waals surface area (Å²) in [4.78, 5) is 6.52. The van der Waals surface area contributed by atoms with Gasteiger partial charge in [0.2, 0.25) is 15.9 Å². The van der Waals surface area contributed by atoms with E-state index in [0.717, 1.165) is 30.6 Å². The van der Waals surface area contributed by atoms with E-state index in [1.165, 1.54) is 0 Å². The van der Waals surface area contributed by atoms with Gasteiger partial charge in [-0.15, -0.1) is 0 Å². The van der Waals surface area contributed by atoms with Crippen molar-refractivity contribution in [3.05, 3.63) is 41.9 Å². The lowest BCUT2D eigenvalue weighted by molar-refractivity contribution is 0.166. The maximum Gasteiger partial charge on any atom is 0.217 e. The van der Waals surface area contributed by atoms with Crippen LogP contribution >= 0.6 is 0 Å². The van der Waals surface area contributed by atoms with E-state index in [0.29, 0.717) is 25.5 Å². The SMILES string of the molecule is COc1ncccc1CN1Cc2ccnn2[C@H](CNS(=O)(=O)C2CC2)C1. The van der Waals surface area contributed by atoms with Crippen molar-refractivity contribution >= 4 is 10.0 Å². The minimum atomic E-state index is -3.20. The molecule has 0 aromatic carbocycles. The van der Waals surface area contributed by atoms with Crippen LogP contribution in [0.4, 0.5) is 0 Å². The summed E-state index contributed by atoms with van der Waals surface area (Å²) < 4.78 is 34.4. The number of ether oxygens (including phenoxy) is 1. The molecule has 1 N–H and O–H groups in total. The van der Waals surface area contributed by atoms with E-state index in [9.17, 15) is 8.42 Å². The third-order valence-corrected chi connectivity index (χ3v) is 6.79. The maximum absolute atomic E-state index is 12.2. The van der Waals surface area contributed by atoms with Gasteiger partial charge in [-0.3, -0.25) is 9.58 Å². The number of hydrogen-bond donors (Lipinski definition) is 1. The molecule has 26 heavy (non-hydrogen) atoms. The van der Waals surface area contributed by atoms with Gasteiger partial charge < -0.3 is 4.74 Å². The molecule has 1 saturated carbocycles. The highest BCUT2D eigenvalue weighted by Gasteiger charge is 2.36. The van der Waals surface area contributed by atoms with Crippen LogP contribution in [0.25, 0.3) is 0 Å². The van der Waals surface area contributed by atoms with Crippen molar-refractivity contribution in [2.45, 2.75) is 37.2 Å². The van der Waals surface area contributed by atoms with Crippen LogP contribution in [0.3, 0.4) is 0 Å². The van der Waals surface area contributed by atoms with Crippen molar-refractivity contribution in [2.24, 2.45) is 0 Å². The van der Waals surface area contributed by atoms with Gasteiger partial charge in [0, 0.05) is 44.1 Å². The van der Waals surface area contributed by atoms with E-state index >= 15 is 0 Å². The molecule has 1 fully saturated rings. The molecule has 0 spiro atoms. The summed E-state index contributed by atoms with van der Waals surface area (Å²) in [6.45, 7) is 2.51. The summed E-state index contributed by atoms with van der Waals surface area (Å²) >= 11 is 0. The van der Waals surface area contributed by atoms with Gasteiger partial charge in [-0.2, -0.15) is 5.10 Å². The Morgan fingerprint density at radius 1 is 1.31 bits per heavy atom. The highest BCUT2D eigenvalue weighted by Crippen LogP contribution is 2.28. The monoisotopic (exact) mass is 377 g/mol. The van der Waals surface area contributed by atoms with Gasteiger partial charge in [0.1, 0.15) is 0 Å². The zero-order chi connectivity index (χ0) is 18.1. The Labute approximate surface area is 153 Å². The standard InChI is InChI=1S/C17H23N5O3S/c1-25-17-13(3-2-7-18-17)10-21-11-14-6-8-19-22(14)15(12-21)9-20-26(23,24)16-4-5-16/h2-3,6-8,15-16,20H,4-5,9-12H2,1H3/t15-/m1/s1. The second kappa shape index (κ2) is 6.98. The predicted octanol–water partition coefficient (Wildman–Crippen LogP) is 0.925. The van der Waals surface area contributed by atoms with Crippen LogP contribution in [0.2, 0.25) is 0 Å². The fourth-order valence-corrected chi connectivity index (χ4v) is 4.83. The molecule has 140 valence electrons. The van der Waals surface area contributed by atoms with Crippen LogP contribution in [0.5, 0.6) is 5.88 Å². The molecule has 1 aliphatic carbocycles. The minimum Gasteiger partial charge on any atom is -0.481 e. The Hall–Kier alpha value is -1.97. The van der Waals surface area contributed by atoms with E-state index in [1.54, 1.807) is 19.5 Å². The first-order valence-electron chi connectivity index (χ1n) is 8.78. The van der Waals surface area contributed by atoms with Crippen LogP contribution in [-0.2, 0) is 23.1 Å². The fourth-order valence-electron chi connectivity index (χ4n) is 3.41. The quantitative estimate of drug-likeness (QED) is 0.772. The first kappa shape index (κ1) is 17.4. The molecule has 2 aromatic heterocycles. The first-order chi connectivity index (χ1) is 12.6. The summed E-state index contributed by atoms with van der Waals surface area (Å²) in [7, 11) is -1.58. The van der Waals surface area contributed by atoms with Crippen LogP contribution < -0.4 is 9.46 Å². The van der Waals surface area contributed by atoms with Gasteiger partial charge in [-0.05, 0) is 25.0 Å². The average molecular weight is 377 g/mol. The zero-order valence-electron chi connectivity index (χ0n) is 14.7. The summed E-state index contributed by atoms with van der Waals surface area (Å²) in [6, 6.07) is 5.84. The van der Waals surface area contributed by atoms with Crippen molar-refractivity contribution < 1.29 is 13.2 Å². The number of sulfonamides is 1. The second-order valence-corrected chi connectivity index (χ2v) is 8.90. The Balaban J connectivity index is 1.49. The number of rotatable bonds is 7. The summed E-state index contributed by atoms with van der Waals surface area (Å²) in [6.07, 6.45) is 5.01. The average Bonchev–Trinajstić information content (AvgIpc) is 3.40. The van der Waals surface area contributed by atoms with Crippen molar-refractivity contribution in [3.8, 4) is 5.88 Å². The molecule has 1 atom stereocenters. The second-order valence-electron chi connectivity index (χ2n) is 6.86. The van der Waals surface area contributed by atoms with E-state index in [2.05, 4.69) is 19.7 Å². The maximum atomic E-state index is 12.2. The van der Waals surface area contributed by atoms with Crippen molar-refractivity contribution in [3.63, 3.8) is 0 Å².